The highest BCUT2D eigenvalue weighted by atomic mass is 35.5. The Morgan fingerprint density at radius 2 is 1.94 bits per heavy atom. The van der Waals surface area contributed by atoms with Crippen LogP contribution in [0.25, 0.3) is 0 Å². The van der Waals surface area contributed by atoms with Gasteiger partial charge in [-0.2, -0.15) is 0 Å². The van der Waals surface area contributed by atoms with Gasteiger partial charge in [0.25, 0.3) is 0 Å². The quantitative estimate of drug-likeness (QED) is 0.904. The van der Waals surface area contributed by atoms with Gasteiger partial charge in [-0.25, -0.2) is 4.98 Å². The maximum Gasteiger partial charge on any atom is 0.145 e. The lowest BCUT2D eigenvalue weighted by atomic mass is 10.2. The predicted octanol–water partition coefficient (Wildman–Crippen LogP) is 3.36. The van der Waals surface area contributed by atoms with Crippen molar-refractivity contribution in [2.24, 2.45) is 0 Å². The SMILES string of the molecule is Cc1ncc(NCc2ccccc2Cl)nc1C. The van der Waals surface area contributed by atoms with E-state index in [0.29, 0.717) is 6.54 Å². The van der Waals surface area contributed by atoms with Crippen molar-refractivity contribution in [3.8, 4) is 0 Å². The molecule has 0 fully saturated rings. The number of aryl methyl sites for hydroxylation is 2. The van der Waals surface area contributed by atoms with Crippen LogP contribution in [0.5, 0.6) is 0 Å². The maximum atomic E-state index is 6.07. The first kappa shape index (κ1) is 11.9. The fourth-order valence-corrected chi connectivity index (χ4v) is 1.66. The lowest BCUT2D eigenvalue weighted by molar-refractivity contribution is 1.02. The molecule has 2 aromatic rings. The minimum absolute atomic E-state index is 0.650. The van der Waals surface area contributed by atoms with Crippen LogP contribution in [0.2, 0.25) is 5.02 Å². The van der Waals surface area contributed by atoms with Crippen LogP contribution in [-0.2, 0) is 6.54 Å². The van der Waals surface area contributed by atoms with Crippen molar-refractivity contribution in [3.63, 3.8) is 0 Å². The zero-order chi connectivity index (χ0) is 12.3. The molecule has 0 bridgehead atoms. The van der Waals surface area contributed by atoms with Crippen molar-refractivity contribution in [2.45, 2.75) is 20.4 Å². The summed E-state index contributed by atoms with van der Waals surface area (Å²) in [4.78, 5) is 8.66. The van der Waals surface area contributed by atoms with Gasteiger partial charge in [0.2, 0.25) is 0 Å². The van der Waals surface area contributed by atoms with E-state index in [1.54, 1.807) is 6.20 Å². The van der Waals surface area contributed by atoms with Crippen molar-refractivity contribution in [3.05, 3.63) is 52.4 Å². The molecule has 2 rings (SSSR count). The molecular weight excluding hydrogens is 234 g/mol. The third-order valence-electron chi connectivity index (χ3n) is 2.61. The van der Waals surface area contributed by atoms with Gasteiger partial charge < -0.3 is 5.32 Å². The van der Waals surface area contributed by atoms with E-state index in [4.69, 9.17) is 11.6 Å². The summed E-state index contributed by atoms with van der Waals surface area (Å²) in [5.41, 5.74) is 2.94. The highest BCUT2D eigenvalue weighted by molar-refractivity contribution is 6.31. The van der Waals surface area contributed by atoms with E-state index in [9.17, 15) is 0 Å². The molecule has 0 unspecified atom stereocenters. The number of aromatic nitrogens is 2. The Hall–Kier alpha value is -1.61. The molecule has 0 aliphatic carbocycles. The molecule has 0 amide bonds. The molecule has 0 saturated carbocycles. The lowest BCUT2D eigenvalue weighted by Crippen LogP contribution is -2.04. The predicted molar refractivity (Wildman–Crippen MR) is 70.3 cm³/mol. The lowest BCUT2D eigenvalue weighted by Gasteiger charge is -2.08. The van der Waals surface area contributed by atoms with Crippen LogP contribution >= 0.6 is 11.6 Å². The minimum Gasteiger partial charge on any atom is -0.365 e. The van der Waals surface area contributed by atoms with Gasteiger partial charge in [0.05, 0.1) is 17.6 Å². The Morgan fingerprint density at radius 3 is 2.65 bits per heavy atom. The number of halogens is 1. The summed E-state index contributed by atoms with van der Waals surface area (Å²) in [6, 6.07) is 7.76. The second kappa shape index (κ2) is 5.15. The highest BCUT2D eigenvalue weighted by Crippen LogP contribution is 2.16. The molecule has 0 radical (unpaired) electrons. The Kier molecular flexibility index (Phi) is 3.59. The molecular formula is C13H14ClN3. The zero-order valence-corrected chi connectivity index (χ0v) is 10.6. The van der Waals surface area contributed by atoms with Crippen molar-refractivity contribution in [1.82, 2.24) is 9.97 Å². The molecule has 17 heavy (non-hydrogen) atoms. The van der Waals surface area contributed by atoms with E-state index in [-0.39, 0.29) is 0 Å². The van der Waals surface area contributed by atoms with E-state index in [0.717, 1.165) is 27.8 Å². The fraction of sp³-hybridized carbons (Fsp3) is 0.231. The minimum atomic E-state index is 0.650. The first-order valence-corrected chi connectivity index (χ1v) is 5.82. The third-order valence-corrected chi connectivity index (χ3v) is 2.98. The van der Waals surface area contributed by atoms with Gasteiger partial charge in [0.15, 0.2) is 0 Å². The van der Waals surface area contributed by atoms with Crippen LogP contribution in [0.4, 0.5) is 5.82 Å². The van der Waals surface area contributed by atoms with Crippen molar-refractivity contribution < 1.29 is 0 Å². The fourth-order valence-electron chi connectivity index (χ4n) is 1.45. The van der Waals surface area contributed by atoms with E-state index in [1.807, 2.05) is 38.1 Å². The number of hydrogen-bond acceptors (Lipinski definition) is 3. The number of anilines is 1. The summed E-state index contributed by atoms with van der Waals surface area (Å²) in [5.74, 6) is 0.771. The molecule has 1 heterocycles. The molecule has 88 valence electrons. The summed E-state index contributed by atoms with van der Waals surface area (Å²) < 4.78 is 0. The van der Waals surface area contributed by atoms with Gasteiger partial charge in [-0.05, 0) is 25.5 Å². The first-order valence-electron chi connectivity index (χ1n) is 5.44. The number of rotatable bonds is 3. The van der Waals surface area contributed by atoms with E-state index >= 15 is 0 Å². The van der Waals surface area contributed by atoms with Crippen LogP contribution < -0.4 is 5.32 Å². The van der Waals surface area contributed by atoms with Crippen molar-refractivity contribution >= 4 is 17.4 Å². The Balaban J connectivity index is 2.08. The number of benzene rings is 1. The molecule has 3 nitrogen and oxygen atoms in total. The van der Waals surface area contributed by atoms with Gasteiger partial charge in [0.1, 0.15) is 5.82 Å². The Labute approximate surface area is 106 Å². The van der Waals surface area contributed by atoms with Gasteiger partial charge >= 0.3 is 0 Å². The van der Waals surface area contributed by atoms with Gasteiger partial charge in [0, 0.05) is 11.6 Å². The third kappa shape index (κ3) is 2.94. The molecule has 4 heteroatoms. The van der Waals surface area contributed by atoms with Crippen LogP contribution in [0, 0.1) is 13.8 Å². The Morgan fingerprint density at radius 1 is 1.18 bits per heavy atom. The molecule has 0 atom stereocenters. The monoisotopic (exact) mass is 247 g/mol. The van der Waals surface area contributed by atoms with Crippen LogP contribution in [0.3, 0.4) is 0 Å². The highest BCUT2D eigenvalue weighted by Gasteiger charge is 2.01. The van der Waals surface area contributed by atoms with Crippen molar-refractivity contribution in [1.29, 1.82) is 0 Å². The van der Waals surface area contributed by atoms with Gasteiger partial charge in [-0.1, -0.05) is 29.8 Å². The molecule has 0 aliphatic heterocycles. The van der Waals surface area contributed by atoms with Gasteiger partial charge in [-0.3, -0.25) is 4.98 Å². The molecule has 1 aromatic heterocycles. The van der Waals surface area contributed by atoms with Gasteiger partial charge in [-0.15, -0.1) is 0 Å². The normalized spacial score (nSPS) is 10.3. The van der Waals surface area contributed by atoms with E-state index in [2.05, 4.69) is 15.3 Å². The summed E-state index contributed by atoms with van der Waals surface area (Å²) in [7, 11) is 0. The Bertz CT molecular complexity index is 526. The molecule has 0 spiro atoms. The summed E-state index contributed by atoms with van der Waals surface area (Å²) in [6.45, 7) is 4.54. The summed E-state index contributed by atoms with van der Waals surface area (Å²) in [5, 5.41) is 3.97. The number of hydrogen-bond donors (Lipinski definition) is 1. The second-order valence-corrected chi connectivity index (χ2v) is 4.28. The second-order valence-electron chi connectivity index (χ2n) is 3.87. The average molecular weight is 248 g/mol. The molecule has 0 saturated heterocycles. The number of nitrogens with one attached hydrogen (secondary N) is 1. The number of nitrogens with zero attached hydrogens (tertiary/aromatic N) is 2. The topological polar surface area (TPSA) is 37.8 Å². The summed E-state index contributed by atoms with van der Waals surface area (Å²) in [6.07, 6.45) is 1.74. The largest absolute Gasteiger partial charge is 0.365 e. The van der Waals surface area contributed by atoms with Crippen LogP contribution in [-0.4, -0.2) is 9.97 Å². The van der Waals surface area contributed by atoms with E-state index in [1.165, 1.54) is 0 Å². The van der Waals surface area contributed by atoms with Crippen LogP contribution in [0.15, 0.2) is 30.5 Å². The van der Waals surface area contributed by atoms with E-state index < -0.39 is 0 Å². The molecule has 1 aromatic carbocycles. The maximum absolute atomic E-state index is 6.07. The summed E-state index contributed by atoms with van der Waals surface area (Å²) >= 11 is 6.07. The first-order chi connectivity index (χ1) is 8.16. The molecule has 1 N–H and O–H groups in total. The standard InChI is InChI=1S/C13H14ClN3/c1-9-10(2)17-13(8-15-9)16-7-11-5-3-4-6-12(11)14/h3-6,8H,7H2,1-2H3,(H,16,17). The zero-order valence-electron chi connectivity index (χ0n) is 9.87. The van der Waals surface area contributed by atoms with Crippen molar-refractivity contribution in [2.75, 3.05) is 5.32 Å². The average Bonchev–Trinajstić information content (AvgIpc) is 2.32. The smallest absolute Gasteiger partial charge is 0.145 e. The van der Waals surface area contributed by atoms with Crippen LogP contribution in [0.1, 0.15) is 17.0 Å². The molecule has 0 aliphatic rings.